The number of hydrogen-bond acceptors (Lipinski definition) is 8. The minimum Gasteiger partial charge on any atom is -0.185 e. The zero-order valence-electron chi connectivity index (χ0n) is 5.58. The van der Waals surface area contributed by atoms with Gasteiger partial charge in [-0.1, -0.05) is 50.5 Å². The molecular weight excluding hydrogens is 260 g/mol. The van der Waals surface area contributed by atoms with Gasteiger partial charge in [-0.05, 0) is 11.0 Å². The number of thiocyanates is 4. The Hall–Kier alpha value is -0.423. The number of nitriles is 4. The molecular formula is C4H8N4S4Si. The van der Waals surface area contributed by atoms with Crippen LogP contribution >= 0.6 is 50.5 Å². The molecule has 0 aliphatic carbocycles. The average Bonchev–Trinajstić information content (AvgIpc) is 1.92. The van der Waals surface area contributed by atoms with Crippen LogP contribution in [-0.4, -0.2) is 11.0 Å². The van der Waals surface area contributed by atoms with Crippen LogP contribution in [0.25, 0.3) is 0 Å². The topological polar surface area (TPSA) is 95.2 Å². The number of thiol groups is 4. The monoisotopic (exact) mass is 268 g/mol. The molecule has 0 rings (SSSR count). The van der Waals surface area contributed by atoms with Crippen molar-refractivity contribution in [3.05, 3.63) is 0 Å². The fraction of sp³-hybridized carbons (Fsp3) is 0. The predicted molar refractivity (Wildman–Crippen MR) is 69.7 cm³/mol. The first-order valence-electron chi connectivity index (χ1n) is 1.79. The lowest BCUT2D eigenvalue weighted by atomic mass is 11.8. The summed E-state index contributed by atoms with van der Waals surface area (Å²) in [4.78, 5) is 0. The first-order chi connectivity index (χ1) is 5.66. The van der Waals surface area contributed by atoms with E-state index in [4.69, 9.17) is 21.0 Å². The Morgan fingerprint density at radius 3 is 0.538 bits per heavy atom. The maximum Gasteiger partial charge on any atom is 0.130 e. The number of hydrogen-bond donors (Lipinski definition) is 4. The van der Waals surface area contributed by atoms with E-state index in [0.29, 0.717) is 0 Å². The number of nitrogens with zero attached hydrogens (tertiary/aromatic N) is 4. The van der Waals surface area contributed by atoms with Crippen LogP contribution in [-0.2, 0) is 0 Å². The van der Waals surface area contributed by atoms with E-state index >= 15 is 0 Å². The van der Waals surface area contributed by atoms with Crippen molar-refractivity contribution in [3.63, 3.8) is 0 Å². The summed E-state index contributed by atoms with van der Waals surface area (Å²) in [6.45, 7) is 0. The minimum atomic E-state index is 0. The molecule has 0 aliphatic rings. The van der Waals surface area contributed by atoms with E-state index in [1.54, 1.807) is 0 Å². The molecule has 0 unspecified atom stereocenters. The highest BCUT2D eigenvalue weighted by molar-refractivity contribution is 7.85. The predicted octanol–water partition coefficient (Wildman–Crippen LogP) is 0.138. The van der Waals surface area contributed by atoms with E-state index in [1.807, 2.05) is 0 Å². The summed E-state index contributed by atoms with van der Waals surface area (Å²) in [7, 11) is 0. The normalized spacial score (nSPS) is 2.46. The minimum absolute atomic E-state index is 0. The van der Waals surface area contributed by atoms with Crippen molar-refractivity contribution in [3.8, 4) is 21.6 Å². The summed E-state index contributed by atoms with van der Waals surface area (Å²) < 4.78 is 0. The second-order valence-corrected chi connectivity index (χ2v) is 1.20. The lowest BCUT2D eigenvalue weighted by Gasteiger charge is -1.14. The van der Waals surface area contributed by atoms with E-state index in [-0.39, 0.29) is 11.0 Å². The first-order valence-corrected chi connectivity index (χ1v) is 3.58. The quantitative estimate of drug-likeness (QED) is 0.285. The summed E-state index contributed by atoms with van der Waals surface area (Å²) in [6, 6.07) is 0. The summed E-state index contributed by atoms with van der Waals surface area (Å²) >= 11 is 12.4. The molecule has 0 N–H and O–H groups in total. The van der Waals surface area contributed by atoms with Crippen molar-refractivity contribution in [1.82, 2.24) is 0 Å². The summed E-state index contributed by atoms with van der Waals surface area (Å²) in [5.74, 6) is 0. The maximum absolute atomic E-state index is 7.18. The molecule has 0 heterocycles. The number of rotatable bonds is 0. The molecule has 0 spiro atoms. The second-order valence-electron chi connectivity index (χ2n) is 0.400. The van der Waals surface area contributed by atoms with Crippen LogP contribution in [0.2, 0.25) is 0 Å². The maximum atomic E-state index is 7.18. The van der Waals surface area contributed by atoms with E-state index in [2.05, 4.69) is 50.5 Å². The van der Waals surface area contributed by atoms with Gasteiger partial charge in [0.15, 0.2) is 0 Å². The Bertz CT molecular complexity index is 158. The van der Waals surface area contributed by atoms with Crippen molar-refractivity contribution in [1.29, 1.82) is 21.0 Å². The van der Waals surface area contributed by atoms with Gasteiger partial charge in [0.05, 0.1) is 0 Å². The van der Waals surface area contributed by atoms with Gasteiger partial charge >= 0.3 is 0 Å². The fourth-order valence-corrected chi connectivity index (χ4v) is 0. The molecule has 0 aliphatic heterocycles. The fourth-order valence-electron chi connectivity index (χ4n) is 0. The van der Waals surface area contributed by atoms with Crippen LogP contribution in [0, 0.1) is 42.7 Å². The molecule has 9 heteroatoms. The molecule has 72 valence electrons. The molecule has 0 amide bonds. The van der Waals surface area contributed by atoms with E-state index < -0.39 is 0 Å². The zero-order chi connectivity index (χ0) is 10.8. The average molecular weight is 268 g/mol. The van der Waals surface area contributed by atoms with Gasteiger partial charge in [-0.3, -0.25) is 0 Å². The molecule has 13 heavy (non-hydrogen) atoms. The van der Waals surface area contributed by atoms with Gasteiger partial charge in [-0.15, -0.1) is 0 Å². The molecule has 4 nitrogen and oxygen atoms in total. The third-order valence-corrected chi connectivity index (χ3v) is 0. The second kappa shape index (κ2) is 101. The highest BCUT2D eigenvalue weighted by Gasteiger charge is 1.19. The third-order valence-electron chi connectivity index (χ3n) is 0. The van der Waals surface area contributed by atoms with Crippen LogP contribution in [0.4, 0.5) is 0 Å². The van der Waals surface area contributed by atoms with E-state index in [9.17, 15) is 0 Å². The molecule has 0 fully saturated rings. The van der Waals surface area contributed by atoms with Crippen LogP contribution in [0.5, 0.6) is 0 Å². The first kappa shape index (κ1) is 29.4. The van der Waals surface area contributed by atoms with Crippen LogP contribution in [0.3, 0.4) is 0 Å². The molecule has 0 atom stereocenters. The van der Waals surface area contributed by atoms with Gasteiger partial charge in [0.1, 0.15) is 21.6 Å². The summed E-state index contributed by atoms with van der Waals surface area (Å²) in [5.41, 5.74) is 0. The third kappa shape index (κ3) is 5930. The lowest BCUT2D eigenvalue weighted by Crippen LogP contribution is -0.961. The molecule has 0 aromatic rings. The van der Waals surface area contributed by atoms with Gasteiger partial charge in [-0.2, -0.15) is 21.0 Å². The highest BCUT2D eigenvalue weighted by Crippen LogP contribution is 1.47. The SMILES string of the molecule is N#CS.N#CS.N#CS.N#CS.[SiH4]. The molecule has 0 radical (unpaired) electrons. The van der Waals surface area contributed by atoms with Crippen molar-refractivity contribution in [2.45, 2.75) is 0 Å². The van der Waals surface area contributed by atoms with Gasteiger partial charge in [0.2, 0.25) is 0 Å². The van der Waals surface area contributed by atoms with Gasteiger partial charge in [0, 0.05) is 0 Å². The Morgan fingerprint density at radius 1 is 0.538 bits per heavy atom. The largest absolute Gasteiger partial charge is 0.185 e. The Balaban J connectivity index is -0.0000000213. The Labute approximate surface area is 104 Å². The zero-order valence-corrected chi connectivity index (χ0v) is 9.16. The van der Waals surface area contributed by atoms with Crippen molar-refractivity contribution >= 4 is 61.5 Å². The highest BCUT2D eigenvalue weighted by atomic mass is 32.1. The molecule has 0 aromatic carbocycles. The van der Waals surface area contributed by atoms with Crippen molar-refractivity contribution in [2.75, 3.05) is 0 Å². The lowest BCUT2D eigenvalue weighted by molar-refractivity contribution is 1.57. The standard InChI is InChI=1S/4CHNS.H4Si/c4*2-1-3;/h4*3H;1H4. The van der Waals surface area contributed by atoms with E-state index in [0.717, 1.165) is 0 Å². The molecule has 0 saturated carbocycles. The Kier molecular flexibility index (Phi) is 229. The molecule has 0 bridgehead atoms. The van der Waals surface area contributed by atoms with Gasteiger partial charge < -0.3 is 0 Å². The summed E-state index contributed by atoms with van der Waals surface area (Å²) in [6.07, 6.45) is 0. The van der Waals surface area contributed by atoms with Crippen LogP contribution in [0.1, 0.15) is 0 Å². The van der Waals surface area contributed by atoms with Gasteiger partial charge in [0.25, 0.3) is 0 Å². The van der Waals surface area contributed by atoms with E-state index in [1.165, 1.54) is 21.6 Å². The van der Waals surface area contributed by atoms with Crippen LogP contribution < -0.4 is 0 Å². The van der Waals surface area contributed by atoms with Crippen LogP contribution in [0.15, 0.2) is 0 Å². The van der Waals surface area contributed by atoms with Gasteiger partial charge in [-0.25, -0.2) is 0 Å². The Morgan fingerprint density at radius 2 is 0.538 bits per heavy atom. The van der Waals surface area contributed by atoms with Crippen molar-refractivity contribution in [2.24, 2.45) is 0 Å². The van der Waals surface area contributed by atoms with Crippen molar-refractivity contribution < 1.29 is 0 Å². The molecule has 0 aromatic heterocycles. The molecule has 0 saturated heterocycles. The smallest absolute Gasteiger partial charge is 0.130 e. The summed E-state index contributed by atoms with van der Waals surface area (Å²) in [5, 5.41) is 34.5.